The molecule has 2 aromatic heterocycles. The predicted molar refractivity (Wildman–Crippen MR) is 92.4 cm³/mol. The molecule has 2 N–H and O–H groups in total. The number of nitrogens with zero attached hydrogens (tertiary/aromatic N) is 4. The van der Waals surface area contributed by atoms with Crippen molar-refractivity contribution in [2.75, 3.05) is 24.5 Å². The molecule has 1 amide bonds. The second kappa shape index (κ2) is 6.82. The van der Waals surface area contributed by atoms with E-state index in [1.165, 1.54) is 11.3 Å². The van der Waals surface area contributed by atoms with Gasteiger partial charge in [-0.15, -0.1) is 11.3 Å². The van der Waals surface area contributed by atoms with Crippen LogP contribution < -0.4 is 10.2 Å². The Morgan fingerprint density at radius 2 is 2.17 bits per heavy atom. The number of anilines is 1. The fraction of sp³-hybridized carbons (Fsp3) is 0.500. The second-order valence-electron chi connectivity index (χ2n) is 6.13. The number of carbonyl (C=O) groups excluding carboxylic acids is 1. The summed E-state index contributed by atoms with van der Waals surface area (Å²) in [5.74, 6) is 0.426. The largest absolute Gasteiger partial charge is 0.386 e. The first-order valence-corrected chi connectivity index (χ1v) is 8.75. The number of piperidine rings is 1. The van der Waals surface area contributed by atoms with Crippen molar-refractivity contribution < 1.29 is 9.90 Å². The smallest absolute Gasteiger partial charge is 0.263 e. The Morgan fingerprint density at radius 3 is 2.83 bits per heavy atom. The fourth-order valence-electron chi connectivity index (χ4n) is 2.95. The van der Waals surface area contributed by atoms with Crippen LogP contribution in [0.5, 0.6) is 0 Å². The molecule has 3 rings (SSSR count). The summed E-state index contributed by atoms with van der Waals surface area (Å²) < 4.78 is 0. The lowest BCUT2D eigenvalue weighted by Crippen LogP contribution is -2.54. The molecule has 0 unspecified atom stereocenters. The number of hydrogen-bond donors (Lipinski definition) is 2. The van der Waals surface area contributed by atoms with Gasteiger partial charge in [-0.05, 0) is 32.8 Å². The lowest BCUT2D eigenvalue weighted by atomic mass is 9.93. The zero-order valence-corrected chi connectivity index (χ0v) is 14.6. The summed E-state index contributed by atoms with van der Waals surface area (Å²) in [4.78, 5) is 27.6. The minimum Gasteiger partial charge on any atom is -0.386 e. The molecule has 0 aliphatic carbocycles. The Labute approximate surface area is 144 Å². The Balaban J connectivity index is 1.63. The van der Waals surface area contributed by atoms with Gasteiger partial charge in [-0.2, -0.15) is 0 Å². The highest BCUT2D eigenvalue weighted by Crippen LogP contribution is 2.24. The van der Waals surface area contributed by atoms with Crippen LogP contribution in [0.2, 0.25) is 0 Å². The van der Waals surface area contributed by atoms with E-state index in [4.69, 9.17) is 0 Å². The van der Waals surface area contributed by atoms with Gasteiger partial charge in [0.15, 0.2) is 0 Å². The summed E-state index contributed by atoms with van der Waals surface area (Å²) >= 11 is 1.37. The lowest BCUT2D eigenvalue weighted by Gasteiger charge is -2.39. The van der Waals surface area contributed by atoms with Gasteiger partial charge >= 0.3 is 0 Å². The van der Waals surface area contributed by atoms with Gasteiger partial charge in [0.25, 0.3) is 5.91 Å². The molecule has 0 saturated carbocycles. The van der Waals surface area contributed by atoms with E-state index in [0.29, 0.717) is 23.8 Å². The van der Waals surface area contributed by atoms with E-state index in [2.05, 4.69) is 20.3 Å². The van der Waals surface area contributed by atoms with Crippen molar-refractivity contribution >= 4 is 23.2 Å². The van der Waals surface area contributed by atoms with E-state index in [1.54, 1.807) is 18.5 Å². The van der Waals surface area contributed by atoms with Gasteiger partial charge in [-0.25, -0.2) is 15.0 Å². The highest BCUT2D eigenvalue weighted by molar-refractivity contribution is 7.13. The van der Waals surface area contributed by atoms with Crippen LogP contribution in [0.1, 0.15) is 33.2 Å². The Kier molecular flexibility index (Phi) is 4.77. The lowest BCUT2D eigenvalue weighted by molar-refractivity contribution is 0.0253. The maximum Gasteiger partial charge on any atom is 0.263 e. The van der Waals surface area contributed by atoms with Crippen LogP contribution in [-0.2, 0) is 0 Å². The third kappa shape index (κ3) is 3.70. The third-order valence-corrected chi connectivity index (χ3v) is 5.15. The third-order valence-electron chi connectivity index (χ3n) is 4.08. The van der Waals surface area contributed by atoms with Crippen LogP contribution in [0.15, 0.2) is 18.5 Å². The number of rotatable bonds is 4. The van der Waals surface area contributed by atoms with Crippen LogP contribution in [0, 0.1) is 13.8 Å². The minimum absolute atomic E-state index is 0.181. The molecule has 1 fully saturated rings. The van der Waals surface area contributed by atoms with Gasteiger partial charge in [-0.3, -0.25) is 4.79 Å². The molecule has 3 heterocycles. The van der Waals surface area contributed by atoms with Gasteiger partial charge in [0, 0.05) is 25.5 Å². The summed E-state index contributed by atoms with van der Waals surface area (Å²) in [6.45, 7) is 5.10. The number of β-amino-alcohol motifs (C(OH)–C–C–N with tert-alkyl or cyclic N) is 1. The average molecular weight is 347 g/mol. The van der Waals surface area contributed by atoms with Crippen molar-refractivity contribution in [1.29, 1.82) is 0 Å². The molecule has 1 aliphatic heterocycles. The molecule has 1 atom stereocenters. The first-order chi connectivity index (χ1) is 11.5. The molecule has 2 aromatic rings. The number of carbonyl (C=O) groups is 1. The van der Waals surface area contributed by atoms with Crippen molar-refractivity contribution in [3.05, 3.63) is 34.0 Å². The molecular weight excluding hydrogens is 326 g/mol. The Hall–Kier alpha value is -2.06. The number of aliphatic hydroxyl groups is 1. The normalized spacial score (nSPS) is 20.9. The molecule has 0 spiro atoms. The number of amides is 1. The number of hydrogen-bond acceptors (Lipinski definition) is 7. The summed E-state index contributed by atoms with van der Waals surface area (Å²) in [5.41, 5.74) is -0.259. The molecule has 8 heteroatoms. The van der Waals surface area contributed by atoms with Crippen molar-refractivity contribution in [3.8, 4) is 0 Å². The van der Waals surface area contributed by atoms with Crippen molar-refractivity contribution in [2.24, 2.45) is 0 Å². The Morgan fingerprint density at radius 1 is 1.42 bits per heavy atom. The SMILES string of the molecule is Cc1nc(C)c(C(=O)NC[C@@]2(O)CCCN(c3ncccn3)C2)s1. The molecule has 0 radical (unpaired) electrons. The number of aryl methyl sites for hydroxylation is 2. The fourth-order valence-corrected chi connectivity index (χ4v) is 3.79. The first-order valence-electron chi connectivity index (χ1n) is 7.93. The maximum absolute atomic E-state index is 12.3. The standard InChI is InChI=1S/C16H21N5O2S/c1-11-13(24-12(2)20-11)14(22)19-9-16(23)5-3-8-21(10-16)15-17-6-4-7-18-15/h4,6-7,23H,3,5,8-10H2,1-2H3,(H,19,22)/t16-/m0/s1. The quantitative estimate of drug-likeness (QED) is 0.866. The molecule has 1 saturated heterocycles. The van der Waals surface area contributed by atoms with E-state index in [0.717, 1.165) is 23.7 Å². The highest BCUT2D eigenvalue weighted by Gasteiger charge is 2.34. The Bertz CT molecular complexity index is 721. The molecule has 24 heavy (non-hydrogen) atoms. The van der Waals surface area contributed by atoms with Crippen molar-refractivity contribution in [2.45, 2.75) is 32.3 Å². The van der Waals surface area contributed by atoms with Gasteiger partial charge in [0.1, 0.15) is 4.88 Å². The molecule has 1 aliphatic rings. The van der Waals surface area contributed by atoms with Gasteiger partial charge in [-0.1, -0.05) is 0 Å². The predicted octanol–water partition coefficient (Wildman–Crippen LogP) is 1.31. The van der Waals surface area contributed by atoms with E-state index in [1.807, 2.05) is 18.7 Å². The molecule has 7 nitrogen and oxygen atoms in total. The highest BCUT2D eigenvalue weighted by atomic mass is 32.1. The van der Waals surface area contributed by atoms with Gasteiger partial charge in [0.05, 0.1) is 22.8 Å². The van der Waals surface area contributed by atoms with Crippen LogP contribution in [0.4, 0.5) is 5.95 Å². The number of nitrogens with one attached hydrogen (secondary N) is 1. The van der Waals surface area contributed by atoms with Crippen LogP contribution >= 0.6 is 11.3 Å². The zero-order chi connectivity index (χ0) is 17.2. The van der Waals surface area contributed by atoms with Crippen LogP contribution in [0.3, 0.4) is 0 Å². The monoisotopic (exact) mass is 347 g/mol. The van der Waals surface area contributed by atoms with E-state index in [9.17, 15) is 9.90 Å². The average Bonchev–Trinajstić information content (AvgIpc) is 2.92. The number of aromatic nitrogens is 3. The second-order valence-corrected chi connectivity index (χ2v) is 7.33. The summed E-state index contributed by atoms with van der Waals surface area (Å²) in [6.07, 6.45) is 4.83. The van der Waals surface area contributed by atoms with Crippen LogP contribution in [0.25, 0.3) is 0 Å². The summed E-state index contributed by atoms with van der Waals surface area (Å²) in [6, 6.07) is 1.76. The van der Waals surface area contributed by atoms with Gasteiger partial charge in [0.2, 0.25) is 5.95 Å². The van der Waals surface area contributed by atoms with Crippen LogP contribution in [-0.4, -0.2) is 51.2 Å². The minimum atomic E-state index is -0.985. The topological polar surface area (TPSA) is 91.2 Å². The summed E-state index contributed by atoms with van der Waals surface area (Å²) in [7, 11) is 0. The molecule has 0 aromatic carbocycles. The zero-order valence-electron chi connectivity index (χ0n) is 13.8. The van der Waals surface area contributed by atoms with E-state index >= 15 is 0 Å². The molecule has 0 bridgehead atoms. The first kappa shape index (κ1) is 16.8. The van der Waals surface area contributed by atoms with E-state index < -0.39 is 5.60 Å². The van der Waals surface area contributed by atoms with E-state index in [-0.39, 0.29) is 12.5 Å². The van der Waals surface area contributed by atoms with Crippen molar-refractivity contribution in [3.63, 3.8) is 0 Å². The number of thiazole rings is 1. The molecular formula is C16H21N5O2S. The van der Waals surface area contributed by atoms with Crippen molar-refractivity contribution in [1.82, 2.24) is 20.3 Å². The van der Waals surface area contributed by atoms with Gasteiger partial charge < -0.3 is 15.3 Å². The molecule has 128 valence electrons. The summed E-state index contributed by atoms with van der Waals surface area (Å²) in [5, 5.41) is 14.6. The maximum atomic E-state index is 12.3.